The number of carbonyl (C=O) groups is 1. The van der Waals surface area contributed by atoms with Crippen LogP contribution in [0.2, 0.25) is 0 Å². The zero-order chi connectivity index (χ0) is 33.3. The van der Waals surface area contributed by atoms with Gasteiger partial charge in [-0.1, -0.05) is 13.8 Å². The Labute approximate surface area is 257 Å². The van der Waals surface area contributed by atoms with Crippen molar-refractivity contribution < 1.29 is 40.6 Å². The van der Waals surface area contributed by atoms with E-state index in [2.05, 4.69) is 9.72 Å². The van der Waals surface area contributed by atoms with Crippen LogP contribution >= 0.6 is 11.3 Å². The molecular formula is C31H39F6N3O3S. The summed E-state index contributed by atoms with van der Waals surface area (Å²) in [5, 5.41) is 0.752. The van der Waals surface area contributed by atoms with Gasteiger partial charge in [-0.05, 0) is 88.7 Å². The highest BCUT2D eigenvalue weighted by Gasteiger charge is 2.72. The molecule has 0 spiro atoms. The first-order valence-corrected chi connectivity index (χ1v) is 15.0. The predicted octanol–water partition coefficient (Wildman–Crippen LogP) is 7.40. The summed E-state index contributed by atoms with van der Waals surface area (Å²) in [7, 11) is 0. The van der Waals surface area contributed by atoms with E-state index in [1.165, 1.54) is 37.3 Å². The Hall–Kier alpha value is -2.90. The minimum atomic E-state index is -5.92. The van der Waals surface area contributed by atoms with Crippen LogP contribution < -0.4 is 16.2 Å². The quantitative estimate of drug-likeness (QED) is 0.140. The standard InChI is InChI=1S/C31H39F6N3O3S/c1-7-19-10-12-21(22(8-2)40-19)24-13-18-9-11-20(14-23(18)44-24)42-16-29(32,33)31(36,37)30(34,35)17-43-26(41)28(5,6)25(38)15-27(3,4)39/h9-14,25H,7-8,15-17,38-39H2,1-6H3. The second kappa shape index (κ2) is 12.8. The highest BCUT2D eigenvalue weighted by Crippen LogP contribution is 2.46. The van der Waals surface area contributed by atoms with E-state index in [-0.39, 0.29) is 12.2 Å². The lowest BCUT2D eigenvalue weighted by atomic mass is 9.79. The number of ether oxygens (including phenoxy) is 2. The van der Waals surface area contributed by atoms with Crippen molar-refractivity contribution in [1.29, 1.82) is 0 Å². The van der Waals surface area contributed by atoms with E-state index in [9.17, 15) is 31.1 Å². The molecule has 0 bridgehead atoms. The number of hydrogen-bond donors (Lipinski definition) is 2. The van der Waals surface area contributed by atoms with Crippen molar-refractivity contribution >= 4 is 27.4 Å². The first kappa shape index (κ1) is 35.6. The van der Waals surface area contributed by atoms with Crippen LogP contribution in [0.5, 0.6) is 5.75 Å². The Bertz CT molecular complexity index is 1470. The highest BCUT2D eigenvalue weighted by atomic mass is 32.1. The molecule has 0 aliphatic heterocycles. The number of fused-ring (bicyclic) bond motifs is 1. The second-order valence-corrected chi connectivity index (χ2v) is 13.3. The van der Waals surface area contributed by atoms with Gasteiger partial charge in [-0.15, -0.1) is 11.3 Å². The summed E-state index contributed by atoms with van der Waals surface area (Å²) in [5.74, 6) is -18.2. The number of halogens is 6. The molecule has 1 aromatic carbocycles. The molecule has 2 heterocycles. The van der Waals surface area contributed by atoms with Crippen molar-refractivity contribution in [3.8, 4) is 16.2 Å². The molecule has 0 aliphatic carbocycles. The van der Waals surface area contributed by atoms with Crippen LogP contribution in [-0.4, -0.2) is 53.5 Å². The van der Waals surface area contributed by atoms with Crippen LogP contribution in [0.4, 0.5) is 26.3 Å². The molecule has 1 atom stereocenters. The third-order valence-corrected chi connectivity index (χ3v) is 8.54. The summed E-state index contributed by atoms with van der Waals surface area (Å²) in [4.78, 5) is 18.0. The summed E-state index contributed by atoms with van der Waals surface area (Å²) < 4.78 is 97.3. The maximum absolute atomic E-state index is 14.6. The molecule has 244 valence electrons. The van der Waals surface area contributed by atoms with Gasteiger partial charge in [0.15, 0.2) is 13.2 Å². The van der Waals surface area contributed by atoms with Gasteiger partial charge in [0.1, 0.15) is 5.75 Å². The predicted molar refractivity (Wildman–Crippen MR) is 160 cm³/mol. The molecule has 3 aromatic rings. The fourth-order valence-electron chi connectivity index (χ4n) is 4.41. The van der Waals surface area contributed by atoms with Crippen molar-refractivity contribution in [2.45, 2.75) is 90.2 Å². The number of carbonyl (C=O) groups excluding carboxylic acids is 1. The van der Waals surface area contributed by atoms with E-state index in [4.69, 9.17) is 16.2 Å². The van der Waals surface area contributed by atoms with Crippen LogP contribution in [0.1, 0.15) is 59.4 Å². The van der Waals surface area contributed by atoms with E-state index < -0.39 is 53.9 Å². The Balaban J connectivity index is 1.71. The number of pyridine rings is 1. The molecule has 44 heavy (non-hydrogen) atoms. The number of rotatable bonds is 14. The van der Waals surface area contributed by atoms with Gasteiger partial charge in [0.2, 0.25) is 0 Å². The molecule has 4 N–H and O–H groups in total. The summed E-state index contributed by atoms with van der Waals surface area (Å²) in [5.41, 5.74) is 12.2. The minimum absolute atomic E-state index is 0.0681. The van der Waals surface area contributed by atoms with Crippen molar-refractivity contribution in [3.05, 3.63) is 47.8 Å². The largest absolute Gasteiger partial charge is 0.487 e. The Morgan fingerprint density at radius 1 is 0.932 bits per heavy atom. The zero-order valence-electron chi connectivity index (χ0n) is 25.6. The number of alkyl halides is 6. The lowest BCUT2D eigenvalue weighted by Gasteiger charge is -2.35. The third kappa shape index (κ3) is 7.66. The van der Waals surface area contributed by atoms with Gasteiger partial charge in [0.05, 0.1) is 5.41 Å². The fraction of sp³-hybridized carbons (Fsp3) is 0.548. The molecule has 0 aliphatic rings. The van der Waals surface area contributed by atoms with Crippen LogP contribution in [0.3, 0.4) is 0 Å². The zero-order valence-corrected chi connectivity index (χ0v) is 26.4. The number of nitrogens with zero attached hydrogens (tertiary/aromatic N) is 1. The van der Waals surface area contributed by atoms with E-state index >= 15 is 0 Å². The normalized spacial score (nSPS) is 14.1. The first-order chi connectivity index (χ1) is 20.1. The highest BCUT2D eigenvalue weighted by molar-refractivity contribution is 7.22. The van der Waals surface area contributed by atoms with Gasteiger partial charge < -0.3 is 20.9 Å². The van der Waals surface area contributed by atoms with Crippen molar-refractivity contribution in [2.24, 2.45) is 16.9 Å². The summed E-state index contributed by atoms with van der Waals surface area (Å²) in [6.07, 6.45) is 1.54. The van der Waals surface area contributed by atoms with Gasteiger partial charge in [-0.25, -0.2) is 0 Å². The van der Waals surface area contributed by atoms with Crippen molar-refractivity contribution in [1.82, 2.24) is 4.98 Å². The lowest BCUT2D eigenvalue weighted by molar-refractivity contribution is -0.322. The number of benzene rings is 1. The molecule has 13 heteroatoms. The van der Waals surface area contributed by atoms with Crippen LogP contribution in [0.15, 0.2) is 36.4 Å². The first-order valence-electron chi connectivity index (χ1n) is 14.2. The summed E-state index contributed by atoms with van der Waals surface area (Å²) in [6, 6.07) is 9.02. The van der Waals surface area contributed by atoms with Gasteiger partial charge in [-0.3, -0.25) is 9.78 Å². The molecule has 0 saturated heterocycles. The molecule has 2 aromatic heterocycles. The Kier molecular flexibility index (Phi) is 10.4. The SMILES string of the molecule is CCc1ccc(-c2cc3ccc(OCC(F)(F)C(F)(F)C(F)(F)COC(=O)C(C)(C)C(N)CC(C)(C)N)cc3s2)c(CC)n1. The number of esters is 1. The summed E-state index contributed by atoms with van der Waals surface area (Å²) in [6.45, 7) is 5.42. The monoisotopic (exact) mass is 647 g/mol. The maximum Gasteiger partial charge on any atom is 0.378 e. The van der Waals surface area contributed by atoms with E-state index in [0.29, 0.717) is 11.1 Å². The Morgan fingerprint density at radius 3 is 2.16 bits per heavy atom. The molecule has 0 radical (unpaired) electrons. The molecule has 0 amide bonds. The van der Waals surface area contributed by atoms with Gasteiger partial charge in [0, 0.05) is 38.1 Å². The Morgan fingerprint density at radius 2 is 1.57 bits per heavy atom. The van der Waals surface area contributed by atoms with Crippen LogP contribution in [0.25, 0.3) is 20.5 Å². The van der Waals surface area contributed by atoms with Gasteiger partial charge >= 0.3 is 23.7 Å². The van der Waals surface area contributed by atoms with E-state index in [0.717, 1.165) is 33.6 Å². The molecule has 0 saturated carbocycles. The third-order valence-electron chi connectivity index (χ3n) is 7.41. The number of aryl methyl sites for hydroxylation is 2. The molecular weight excluding hydrogens is 608 g/mol. The second-order valence-electron chi connectivity index (χ2n) is 12.2. The number of aromatic nitrogens is 1. The van der Waals surface area contributed by atoms with Crippen molar-refractivity contribution in [2.75, 3.05) is 13.2 Å². The van der Waals surface area contributed by atoms with Crippen LogP contribution in [0, 0.1) is 5.41 Å². The molecule has 6 nitrogen and oxygen atoms in total. The van der Waals surface area contributed by atoms with E-state index in [1.54, 1.807) is 19.9 Å². The average Bonchev–Trinajstić information content (AvgIpc) is 3.36. The maximum atomic E-state index is 14.6. The van der Waals surface area contributed by atoms with Gasteiger partial charge in [-0.2, -0.15) is 26.3 Å². The fourth-order valence-corrected chi connectivity index (χ4v) is 5.55. The lowest BCUT2D eigenvalue weighted by Crippen LogP contribution is -2.59. The number of thiophene rings is 1. The average molecular weight is 648 g/mol. The smallest absolute Gasteiger partial charge is 0.378 e. The molecule has 3 rings (SSSR count). The molecule has 0 fully saturated rings. The summed E-state index contributed by atoms with van der Waals surface area (Å²) >= 11 is 1.33. The minimum Gasteiger partial charge on any atom is -0.487 e. The number of hydrogen-bond acceptors (Lipinski definition) is 7. The topological polar surface area (TPSA) is 100 Å². The van der Waals surface area contributed by atoms with Crippen LogP contribution in [-0.2, 0) is 22.4 Å². The van der Waals surface area contributed by atoms with Crippen molar-refractivity contribution in [3.63, 3.8) is 0 Å². The van der Waals surface area contributed by atoms with Gasteiger partial charge in [0.25, 0.3) is 0 Å². The molecule has 1 unspecified atom stereocenters. The van der Waals surface area contributed by atoms with E-state index in [1.807, 2.05) is 32.0 Å². The number of nitrogens with two attached hydrogens (primary N) is 2.